The number of pyridine rings is 1. The first kappa shape index (κ1) is 15.0. The number of oxime groups is 1. The fourth-order valence-corrected chi connectivity index (χ4v) is 2.62. The van der Waals surface area contributed by atoms with Gasteiger partial charge in [0.25, 0.3) is 0 Å². The first-order valence-electron chi connectivity index (χ1n) is 7.50. The van der Waals surface area contributed by atoms with Gasteiger partial charge in [0, 0.05) is 22.7 Å². The van der Waals surface area contributed by atoms with Crippen LogP contribution in [0.1, 0.15) is 30.5 Å². The molecule has 1 aromatic heterocycles. The number of para-hydroxylation sites is 1. The first-order chi connectivity index (χ1) is 11.2. The monoisotopic (exact) mass is 302 g/mol. The van der Waals surface area contributed by atoms with E-state index in [0.717, 1.165) is 27.6 Å². The number of nitrogens with zero attached hydrogens (tertiary/aromatic N) is 2. The molecule has 0 spiro atoms. The standard InChI is InChI=1S/C20H18N2O/c1-14(2)11-15-7-3-5-9-18(15)20(22-23)17-12-16-8-4-6-10-19(16)21-13-17/h3-13,23H,1-2H3. The molecule has 1 heterocycles. The summed E-state index contributed by atoms with van der Waals surface area (Å²) in [5.74, 6) is 0. The zero-order valence-corrected chi connectivity index (χ0v) is 13.2. The van der Waals surface area contributed by atoms with Gasteiger partial charge < -0.3 is 5.21 Å². The van der Waals surface area contributed by atoms with Crippen molar-refractivity contribution in [2.24, 2.45) is 5.16 Å². The topological polar surface area (TPSA) is 45.5 Å². The van der Waals surface area contributed by atoms with Gasteiger partial charge in [-0.25, -0.2) is 0 Å². The van der Waals surface area contributed by atoms with E-state index in [1.807, 2.05) is 68.4 Å². The second kappa shape index (κ2) is 6.44. The Balaban J connectivity index is 2.15. The molecule has 0 fully saturated rings. The quantitative estimate of drug-likeness (QED) is 0.425. The highest BCUT2D eigenvalue weighted by Gasteiger charge is 2.12. The Morgan fingerprint density at radius 1 is 1.04 bits per heavy atom. The molecule has 0 aliphatic heterocycles. The number of fused-ring (bicyclic) bond motifs is 1. The van der Waals surface area contributed by atoms with Gasteiger partial charge in [-0.15, -0.1) is 0 Å². The number of allylic oxidation sites excluding steroid dienone is 1. The van der Waals surface area contributed by atoms with Crippen LogP contribution in [0.4, 0.5) is 0 Å². The van der Waals surface area contributed by atoms with Crippen LogP contribution in [0, 0.1) is 0 Å². The minimum Gasteiger partial charge on any atom is -0.410 e. The van der Waals surface area contributed by atoms with E-state index in [2.05, 4.69) is 16.2 Å². The Bertz CT molecular complexity index is 906. The normalized spacial score (nSPS) is 11.5. The fourth-order valence-electron chi connectivity index (χ4n) is 2.62. The lowest BCUT2D eigenvalue weighted by atomic mass is 9.96. The van der Waals surface area contributed by atoms with E-state index in [9.17, 15) is 5.21 Å². The molecule has 0 amide bonds. The average Bonchev–Trinajstić information content (AvgIpc) is 2.56. The van der Waals surface area contributed by atoms with Crippen LogP contribution in [0.2, 0.25) is 0 Å². The molecule has 0 atom stereocenters. The van der Waals surface area contributed by atoms with Crippen LogP contribution in [-0.4, -0.2) is 15.9 Å². The zero-order chi connectivity index (χ0) is 16.2. The summed E-state index contributed by atoms with van der Waals surface area (Å²) < 4.78 is 0. The van der Waals surface area contributed by atoms with Gasteiger partial charge in [0.15, 0.2) is 0 Å². The molecule has 0 aliphatic carbocycles. The van der Waals surface area contributed by atoms with Crippen molar-refractivity contribution in [3.05, 3.63) is 83.1 Å². The van der Waals surface area contributed by atoms with Crippen LogP contribution in [0.3, 0.4) is 0 Å². The maximum absolute atomic E-state index is 9.60. The molecule has 3 aromatic rings. The van der Waals surface area contributed by atoms with E-state index in [4.69, 9.17) is 0 Å². The number of aromatic nitrogens is 1. The SMILES string of the molecule is CC(C)=Cc1ccccc1C(=NO)c1cnc2ccccc2c1. The number of rotatable bonds is 3. The Labute approximate surface area is 135 Å². The third kappa shape index (κ3) is 3.14. The van der Waals surface area contributed by atoms with E-state index in [1.165, 1.54) is 5.57 Å². The fraction of sp³-hybridized carbons (Fsp3) is 0.100. The molecule has 2 aromatic carbocycles. The molecule has 3 rings (SSSR count). The molecular formula is C20H18N2O. The van der Waals surface area contributed by atoms with Crippen molar-refractivity contribution in [2.75, 3.05) is 0 Å². The van der Waals surface area contributed by atoms with Gasteiger partial charge in [-0.2, -0.15) is 0 Å². The summed E-state index contributed by atoms with van der Waals surface area (Å²) in [5, 5.41) is 14.2. The smallest absolute Gasteiger partial charge is 0.119 e. The van der Waals surface area contributed by atoms with Crippen molar-refractivity contribution in [1.82, 2.24) is 4.98 Å². The van der Waals surface area contributed by atoms with Crippen molar-refractivity contribution in [3.63, 3.8) is 0 Å². The number of hydrogen-bond acceptors (Lipinski definition) is 3. The predicted molar refractivity (Wildman–Crippen MR) is 94.9 cm³/mol. The van der Waals surface area contributed by atoms with Gasteiger partial charge >= 0.3 is 0 Å². The van der Waals surface area contributed by atoms with E-state index in [0.29, 0.717) is 5.71 Å². The Hall–Kier alpha value is -2.94. The van der Waals surface area contributed by atoms with Gasteiger partial charge in [0.05, 0.1) is 5.52 Å². The highest BCUT2D eigenvalue weighted by Crippen LogP contribution is 2.20. The molecule has 114 valence electrons. The molecule has 3 nitrogen and oxygen atoms in total. The average molecular weight is 302 g/mol. The van der Waals surface area contributed by atoms with Gasteiger partial charge in [-0.1, -0.05) is 59.3 Å². The summed E-state index contributed by atoms with van der Waals surface area (Å²) in [4.78, 5) is 4.46. The maximum atomic E-state index is 9.60. The Morgan fingerprint density at radius 2 is 1.78 bits per heavy atom. The van der Waals surface area contributed by atoms with E-state index >= 15 is 0 Å². The van der Waals surface area contributed by atoms with E-state index in [1.54, 1.807) is 6.20 Å². The summed E-state index contributed by atoms with van der Waals surface area (Å²) >= 11 is 0. The second-order valence-electron chi connectivity index (χ2n) is 5.67. The molecule has 23 heavy (non-hydrogen) atoms. The highest BCUT2D eigenvalue weighted by atomic mass is 16.4. The first-order valence-corrected chi connectivity index (χ1v) is 7.50. The van der Waals surface area contributed by atoms with Crippen molar-refractivity contribution >= 4 is 22.7 Å². The minimum absolute atomic E-state index is 0.524. The Morgan fingerprint density at radius 3 is 2.57 bits per heavy atom. The van der Waals surface area contributed by atoms with Crippen LogP contribution < -0.4 is 0 Å². The van der Waals surface area contributed by atoms with Crippen molar-refractivity contribution in [1.29, 1.82) is 0 Å². The molecular weight excluding hydrogens is 284 g/mol. The highest BCUT2D eigenvalue weighted by molar-refractivity contribution is 6.15. The van der Waals surface area contributed by atoms with Crippen LogP contribution in [0.5, 0.6) is 0 Å². The molecule has 0 bridgehead atoms. The van der Waals surface area contributed by atoms with Crippen molar-refractivity contribution in [2.45, 2.75) is 13.8 Å². The molecule has 0 radical (unpaired) electrons. The van der Waals surface area contributed by atoms with Crippen LogP contribution in [-0.2, 0) is 0 Å². The molecule has 0 unspecified atom stereocenters. The third-order valence-electron chi connectivity index (χ3n) is 3.62. The van der Waals surface area contributed by atoms with Crippen LogP contribution >= 0.6 is 0 Å². The van der Waals surface area contributed by atoms with Crippen molar-refractivity contribution in [3.8, 4) is 0 Å². The van der Waals surface area contributed by atoms with Gasteiger partial charge in [0.2, 0.25) is 0 Å². The third-order valence-corrected chi connectivity index (χ3v) is 3.62. The lowest BCUT2D eigenvalue weighted by molar-refractivity contribution is 0.319. The molecule has 0 saturated heterocycles. The number of benzene rings is 2. The number of hydrogen-bond donors (Lipinski definition) is 1. The summed E-state index contributed by atoms with van der Waals surface area (Å²) in [6, 6.07) is 17.8. The van der Waals surface area contributed by atoms with Crippen molar-refractivity contribution < 1.29 is 5.21 Å². The summed E-state index contributed by atoms with van der Waals surface area (Å²) in [5.41, 5.74) is 5.33. The summed E-state index contributed by atoms with van der Waals surface area (Å²) in [7, 11) is 0. The van der Waals surface area contributed by atoms with E-state index < -0.39 is 0 Å². The Kier molecular flexibility index (Phi) is 4.20. The minimum atomic E-state index is 0.524. The molecule has 3 heteroatoms. The summed E-state index contributed by atoms with van der Waals surface area (Å²) in [6.07, 6.45) is 3.83. The van der Waals surface area contributed by atoms with E-state index in [-0.39, 0.29) is 0 Å². The maximum Gasteiger partial charge on any atom is 0.119 e. The summed E-state index contributed by atoms with van der Waals surface area (Å²) in [6.45, 7) is 4.09. The zero-order valence-electron chi connectivity index (χ0n) is 13.2. The van der Waals surface area contributed by atoms with Crippen LogP contribution in [0.25, 0.3) is 17.0 Å². The second-order valence-corrected chi connectivity index (χ2v) is 5.67. The van der Waals surface area contributed by atoms with Crippen LogP contribution in [0.15, 0.2) is 71.5 Å². The van der Waals surface area contributed by atoms with Gasteiger partial charge in [-0.05, 0) is 31.5 Å². The molecule has 0 saturated carbocycles. The lowest BCUT2D eigenvalue weighted by Crippen LogP contribution is -2.06. The molecule has 0 aliphatic rings. The van der Waals surface area contributed by atoms with Gasteiger partial charge in [0.1, 0.15) is 5.71 Å². The van der Waals surface area contributed by atoms with Gasteiger partial charge in [-0.3, -0.25) is 4.98 Å². The molecule has 1 N–H and O–H groups in total. The predicted octanol–water partition coefficient (Wildman–Crippen LogP) is 4.88. The largest absolute Gasteiger partial charge is 0.410 e. The lowest BCUT2D eigenvalue weighted by Gasteiger charge is -2.10.